The summed E-state index contributed by atoms with van der Waals surface area (Å²) in [7, 11) is 0. The highest BCUT2D eigenvalue weighted by atomic mass is 35.5. The van der Waals surface area contributed by atoms with Crippen molar-refractivity contribution >= 4 is 40.6 Å². The van der Waals surface area contributed by atoms with Crippen LogP contribution in [0.25, 0.3) is 5.69 Å². The molecule has 1 amide bonds. The van der Waals surface area contributed by atoms with E-state index in [9.17, 15) is 4.79 Å². The van der Waals surface area contributed by atoms with Crippen molar-refractivity contribution in [3.8, 4) is 5.69 Å². The van der Waals surface area contributed by atoms with Crippen molar-refractivity contribution in [2.24, 2.45) is 0 Å². The molecule has 1 heterocycles. The maximum atomic E-state index is 12.4. The Hall–Kier alpha value is -3.29. The number of hydrogen-bond acceptors (Lipinski definition) is 5. The monoisotopic (exact) mass is 477 g/mol. The van der Waals surface area contributed by atoms with Crippen LogP contribution in [0.2, 0.25) is 5.02 Å². The molecule has 0 bridgehead atoms. The number of thioether (sulfide) groups is 1. The Morgan fingerprint density at radius 2 is 1.73 bits per heavy atom. The van der Waals surface area contributed by atoms with Gasteiger partial charge in [0.2, 0.25) is 5.91 Å². The van der Waals surface area contributed by atoms with Crippen molar-refractivity contribution in [1.29, 1.82) is 0 Å². The predicted octanol–water partition coefficient (Wildman–Crippen LogP) is 5.88. The van der Waals surface area contributed by atoms with Gasteiger partial charge in [-0.1, -0.05) is 65.3 Å². The molecule has 0 fully saturated rings. The summed E-state index contributed by atoms with van der Waals surface area (Å²) in [6.45, 7) is 4.47. The van der Waals surface area contributed by atoms with E-state index in [2.05, 4.69) is 20.8 Å². The summed E-state index contributed by atoms with van der Waals surface area (Å²) >= 11 is 7.60. The molecule has 0 spiro atoms. The Balaban J connectivity index is 1.52. The quantitative estimate of drug-likeness (QED) is 0.310. The first-order valence-electron chi connectivity index (χ1n) is 10.5. The molecular weight excluding hydrogens is 454 g/mol. The number of aryl methyl sites for hydroxylation is 2. The first-order chi connectivity index (χ1) is 16.0. The van der Waals surface area contributed by atoms with Gasteiger partial charge in [0.05, 0.1) is 12.3 Å². The average molecular weight is 478 g/mol. The van der Waals surface area contributed by atoms with E-state index < -0.39 is 0 Å². The van der Waals surface area contributed by atoms with Crippen molar-refractivity contribution in [3.05, 3.63) is 94.8 Å². The molecule has 0 saturated heterocycles. The zero-order valence-corrected chi connectivity index (χ0v) is 20.0. The first kappa shape index (κ1) is 22.9. The van der Waals surface area contributed by atoms with Gasteiger partial charge in [0.25, 0.3) is 0 Å². The number of benzene rings is 3. The third kappa shape index (κ3) is 5.94. The summed E-state index contributed by atoms with van der Waals surface area (Å²) in [6, 6.07) is 23.4. The van der Waals surface area contributed by atoms with Crippen molar-refractivity contribution in [2.45, 2.75) is 25.5 Å². The van der Waals surface area contributed by atoms with Crippen LogP contribution in [0, 0.1) is 13.8 Å². The number of carbonyl (C=O) groups is 1. The summed E-state index contributed by atoms with van der Waals surface area (Å²) in [4.78, 5) is 12.4. The zero-order valence-electron chi connectivity index (χ0n) is 18.4. The Labute approximate surface area is 202 Å². The van der Waals surface area contributed by atoms with Gasteiger partial charge in [0.1, 0.15) is 0 Å². The third-order valence-electron chi connectivity index (χ3n) is 5.00. The molecule has 2 N–H and O–H groups in total. The molecule has 1 aromatic heterocycles. The van der Waals surface area contributed by atoms with Crippen LogP contribution in [0.15, 0.2) is 78.0 Å². The molecule has 0 atom stereocenters. The highest BCUT2D eigenvalue weighted by Gasteiger charge is 2.16. The summed E-state index contributed by atoms with van der Waals surface area (Å²) in [5.74, 6) is 0.861. The molecule has 8 heteroatoms. The van der Waals surface area contributed by atoms with Gasteiger partial charge in [-0.3, -0.25) is 9.36 Å². The van der Waals surface area contributed by atoms with Crippen molar-refractivity contribution in [1.82, 2.24) is 14.8 Å². The van der Waals surface area contributed by atoms with Gasteiger partial charge in [-0.25, -0.2) is 0 Å². The summed E-state index contributed by atoms with van der Waals surface area (Å²) < 4.78 is 1.97. The van der Waals surface area contributed by atoms with Gasteiger partial charge >= 0.3 is 0 Å². The van der Waals surface area contributed by atoms with Crippen molar-refractivity contribution < 1.29 is 4.79 Å². The lowest BCUT2D eigenvalue weighted by atomic mass is 10.2. The Kier molecular flexibility index (Phi) is 7.32. The van der Waals surface area contributed by atoms with E-state index in [4.69, 9.17) is 11.6 Å². The molecular formula is C25H24ClN5OS. The number of rotatable bonds is 8. The molecule has 0 saturated carbocycles. The fourth-order valence-electron chi connectivity index (χ4n) is 3.19. The first-order valence-corrected chi connectivity index (χ1v) is 11.8. The van der Waals surface area contributed by atoms with Crippen LogP contribution in [0.1, 0.15) is 17.0 Å². The van der Waals surface area contributed by atoms with Gasteiger partial charge in [-0.2, -0.15) is 0 Å². The second-order valence-electron chi connectivity index (χ2n) is 7.59. The minimum atomic E-state index is -0.0985. The number of para-hydroxylation sites is 1. The third-order valence-corrected chi connectivity index (χ3v) is 6.34. The minimum Gasteiger partial charge on any atom is -0.378 e. The van der Waals surface area contributed by atoms with Crippen LogP contribution in [-0.2, 0) is 11.3 Å². The van der Waals surface area contributed by atoms with Crippen LogP contribution < -0.4 is 10.6 Å². The molecule has 0 unspecified atom stereocenters. The van der Waals surface area contributed by atoms with Gasteiger partial charge in [0, 0.05) is 22.1 Å². The van der Waals surface area contributed by atoms with Gasteiger partial charge in [-0.15, -0.1) is 10.2 Å². The van der Waals surface area contributed by atoms with E-state index in [-0.39, 0.29) is 11.7 Å². The molecule has 0 aliphatic heterocycles. The van der Waals surface area contributed by atoms with E-state index in [1.54, 1.807) is 0 Å². The van der Waals surface area contributed by atoms with Crippen molar-refractivity contribution in [2.75, 3.05) is 16.4 Å². The van der Waals surface area contributed by atoms with E-state index in [0.717, 1.165) is 34.0 Å². The van der Waals surface area contributed by atoms with E-state index in [1.807, 2.05) is 91.2 Å². The Morgan fingerprint density at radius 3 is 2.45 bits per heavy atom. The molecule has 0 aliphatic carbocycles. The fourth-order valence-corrected chi connectivity index (χ4v) is 4.15. The van der Waals surface area contributed by atoms with Crippen LogP contribution in [0.4, 0.5) is 11.4 Å². The lowest BCUT2D eigenvalue weighted by Gasteiger charge is -2.12. The summed E-state index contributed by atoms with van der Waals surface area (Å²) in [6.07, 6.45) is 0. The lowest BCUT2D eigenvalue weighted by molar-refractivity contribution is -0.113. The molecule has 4 rings (SSSR count). The maximum Gasteiger partial charge on any atom is 0.234 e. The molecule has 0 radical (unpaired) electrons. The second kappa shape index (κ2) is 10.6. The summed E-state index contributed by atoms with van der Waals surface area (Å²) in [5, 5.41) is 16.4. The smallest absolute Gasteiger partial charge is 0.234 e. The molecule has 0 aliphatic rings. The number of aromatic nitrogens is 3. The fraction of sp³-hybridized carbons (Fsp3) is 0.160. The number of nitrogens with one attached hydrogen (secondary N) is 2. The topological polar surface area (TPSA) is 71.8 Å². The largest absolute Gasteiger partial charge is 0.378 e. The van der Waals surface area contributed by atoms with Gasteiger partial charge < -0.3 is 10.6 Å². The van der Waals surface area contributed by atoms with E-state index in [0.29, 0.717) is 16.7 Å². The molecule has 3 aromatic carbocycles. The SMILES string of the molecule is Cc1ccc(-n2c(CNc3ccc(C)c(Cl)c3)nnc2SCC(=O)Nc2ccccc2)cc1. The number of anilines is 2. The number of nitrogens with zero attached hydrogens (tertiary/aromatic N) is 3. The maximum absolute atomic E-state index is 12.4. The minimum absolute atomic E-state index is 0.0985. The number of halogens is 1. The number of amides is 1. The van der Waals surface area contributed by atoms with E-state index >= 15 is 0 Å². The molecule has 6 nitrogen and oxygen atoms in total. The van der Waals surface area contributed by atoms with Crippen LogP contribution in [0.3, 0.4) is 0 Å². The highest BCUT2D eigenvalue weighted by Crippen LogP contribution is 2.24. The van der Waals surface area contributed by atoms with Gasteiger partial charge in [-0.05, 0) is 55.8 Å². The number of hydrogen-bond donors (Lipinski definition) is 2. The van der Waals surface area contributed by atoms with Crippen LogP contribution in [0.5, 0.6) is 0 Å². The van der Waals surface area contributed by atoms with Crippen LogP contribution >= 0.6 is 23.4 Å². The Morgan fingerprint density at radius 1 is 0.970 bits per heavy atom. The van der Waals surface area contributed by atoms with Gasteiger partial charge in [0.15, 0.2) is 11.0 Å². The molecule has 4 aromatic rings. The normalized spacial score (nSPS) is 10.8. The van der Waals surface area contributed by atoms with Crippen molar-refractivity contribution in [3.63, 3.8) is 0 Å². The summed E-state index contributed by atoms with van der Waals surface area (Å²) in [5.41, 5.74) is 4.80. The van der Waals surface area contributed by atoms with Crippen LogP contribution in [-0.4, -0.2) is 26.4 Å². The predicted molar refractivity (Wildman–Crippen MR) is 135 cm³/mol. The number of carbonyl (C=O) groups excluding carboxylic acids is 1. The zero-order chi connectivity index (χ0) is 23.2. The highest BCUT2D eigenvalue weighted by molar-refractivity contribution is 7.99. The standard InChI is InChI=1S/C25H24ClN5OS/c1-17-8-12-21(13-9-17)31-23(15-27-20-11-10-18(2)22(26)14-20)29-30-25(31)33-16-24(32)28-19-6-4-3-5-7-19/h3-14,27H,15-16H2,1-2H3,(H,28,32). The average Bonchev–Trinajstić information content (AvgIpc) is 3.22. The second-order valence-corrected chi connectivity index (χ2v) is 8.94. The van der Waals surface area contributed by atoms with E-state index in [1.165, 1.54) is 11.8 Å². The Bertz CT molecular complexity index is 1240. The molecule has 33 heavy (non-hydrogen) atoms. The molecule has 168 valence electrons. The lowest BCUT2D eigenvalue weighted by Crippen LogP contribution is -2.14.